The van der Waals surface area contributed by atoms with Crippen LogP contribution in [0.5, 0.6) is 0 Å². The van der Waals surface area contributed by atoms with Crippen LogP contribution in [-0.4, -0.2) is 62.6 Å². The molecule has 3 rings (SSSR count). The van der Waals surface area contributed by atoms with Gasteiger partial charge in [0.15, 0.2) is 5.78 Å². The van der Waals surface area contributed by atoms with Crippen molar-refractivity contribution in [3.05, 3.63) is 59.9 Å². The zero-order chi connectivity index (χ0) is 21.4. The van der Waals surface area contributed by atoms with Crippen LogP contribution in [0, 0.1) is 0 Å². The summed E-state index contributed by atoms with van der Waals surface area (Å²) in [4.78, 5) is 21.2. The number of carbonyl (C=O) groups excluding carboxylic acids is 1. The Morgan fingerprint density at radius 3 is 2.33 bits per heavy atom. The number of hydrogen-bond acceptors (Lipinski definition) is 6. The average molecular weight is 431 g/mol. The number of carbonyl (C=O) groups is 1. The van der Waals surface area contributed by atoms with Crippen LogP contribution in [0.3, 0.4) is 0 Å². The topological polar surface area (TPSA) is 82.6 Å². The molecule has 1 aromatic heterocycles. The molecule has 0 radical (unpaired) electrons. The molecule has 0 bridgehead atoms. The first-order valence-corrected chi connectivity index (χ1v) is 12.1. The van der Waals surface area contributed by atoms with E-state index in [1.165, 1.54) is 0 Å². The second-order valence-corrected chi connectivity index (χ2v) is 9.51. The number of ketones is 1. The van der Waals surface area contributed by atoms with Gasteiger partial charge in [-0.1, -0.05) is 37.6 Å². The molecule has 2 heterocycles. The van der Waals surface area contributed by atoms with Gasteiger partial charge in [0.2, 0.25) is 10.0 Å². The van der Waals surface area contributed by atoms with Gasteiger partial charge in [0.05, 0.1) is 12.3 Å². The first-order valence-electron chi connectivity index (χ1n) is 10.4. The highest BCUT2D eigenvalue weighted by molar-refractivity contribution is 7.89. The lowest BCUT2D eigenvalue weighted by molar-refractivity contribution is 0.0926. The number of hydrogen-bond donors (Lipinski definition) is 1. The first-order chi connectivity index (χ1) is 14.5. The molecule has 0 saturated carbocycles. The van der Waals surface area contributed by atoms with E-state index in [0.29, 0.717) is 18.5 Å². The van der Waals surface area contributed by atoms with Crippen LogP contribution in [0.2, 0.25) is 0 Å². The van der Waals surface area contributed by atoms with Crippen molar-refractivity contribution in [3.8, 4) is 0 Å². The first kappa shape index (κ1) is 22.4. The van der Waals surface area contributed by atoms with Crippen LogP contribution in [-0.2, 0) is 16.6 Å². The predicted octanol–water partition coefficient (Wildman–Crippen LogP) is 2.31. The van der Waals surface area contributed by atoms with Gasteiger partial charge in [0.25, 0.3) is 0 Å². The van der Waals surface area contributed by atoms with Gasteiger partial charge < -0.3 is 4.90 Å². The van der Waals surface area contributed by atoms with E-state index in [2.05, 4.69) is 19.5 Å². The quantitative estimate of drug-likeness (QED) is 0.583. The lowest BCUT2D eigenvalue weighted by Gasteiger charge is -2.35. The van der Waals surface area contributed by atoms with Gasteiger partial charge in [0.1, 0.15) is 0 Å². The summed E-state index contributed by atoms with van der Waals surface area (Å²) in [7, 11) is -3.24. The number of pyridine rings is 1. The highest BCUT2D eigenvalue weighted by Gasteiger charge is 2.20. The Labute approximate surface area is 179 Å². The number of sulfonamides is 1. The minimum absolute atomic E-state index is 0.0856. The number of Topliss-reactive ketones (excluding diaryl/α,β-unsaturated/α-hetero) is 1. The SMILES string of the molecule is CCCCS(=O)(=O)NCc1ccc(C(=O)CN2CCN(c3ccncc3)CC2)cc1. The van der Waals surface area contributed by atoms with E-state index in [-0.39, 0.29) is 18.1 Å². The second-order valence-electron chi connectivity index (χ2n) is 7.58. The van der Waals surface area contributed by atoms with Crippen molar-refractivity contribution in [2.24, 2.45) is 0 Å². The summed E-state index contributed by atoms with van der Waals surface area (Å²) in [6.07, 6.45) is 5.09. The fourth-order valence-corrected chi connectivity index (χ4v) is 4.62. The maximum atomic E-state index is 12.6. The normalized spacial score (nSPS) is 15.3. The molecule has 0 amide bonds. The molecular formula is C22H30N4O3S. The third-order valence-electron chi connectivity index (χ3n) is 5.31. The summed E-state index contributed by atoms with van der Waals surface area (Å²) < 4.78 is 26.4. The van der Waals surface area contributed by atoms with Crippen molar-refractivity contribution in [1.82, 2.24) is 14.6 Å². The van der Waals surface area contributed by atoms with E-state index in [9.17, 15) is 13.2 Å². The Morgan fingerprint density at radius 1 is 1.03 bits per heavy atom. The molecule has 1 fully saturated rings. The van der Waals surface area contributed by atoms with Gasteiger partial charge in [-0.05, 0) is 24.1 Å². The van der Waals surface area contributed by atoms with E-state index >= 15 is 0 Å². The van der Waals surface area contributed by atoms with Crippen LogP contribution >= 0.6 is 0 Å². The molecule has 8 heteroatoms. The van der Waals surface area contributed by atoms with E-state index in [1.54, 1.807) is 24.5 Å². The van der Waals surface area contributed by atoms with Crippen LogP contribution < -0.4 is 9.62 Å². The van der Waals surface area contributed by atoms with Crippen LogP contribution in [0.15, 0.2) is 48.8 Å². The highest BCUT2D eigenvalue weighted by atomic mass is 32.2. The molecule has 0 atom stereocenters. The van der Waals surface area contributed by atoms with Crippen LogP contribution in [0.4, 0.5) is 5.69 Å². The molecule has 1 aliphatic heterocycles. The van der Waals surface area contributed by atoms with Crippen molar-refractivity contribution < 1.29 is 13.2 Å². The number of benzene rings is 1. The van der Waals surface area contributed by atoms with Gasteiger partial charge in [0, 0.05) is 56.4 Å². The van der Waals surface area contributed by atoms with E-state index in [1.807, 2.05) is 31.2 Å². The third kappa shape index (κ3) is 6.62. The Morgan fingerprint density at radius 2 is 1.70 bits per heavy atom. The van der Waals surface area contributed by atoms with Crippen molar-refractivity contribution in [3.63, 3.8) is 0 Å². The molecular weight excluding hydrogens is 400 g/mol. The van der Waals surface area contributed by atoms with Crippen LogP contribution in [0.1, 0.15) is 35.7 Å². The van der Waals surface area contributed by atoms with Gasteiger partial charge in [-0.2, -0.15) is 0 Å². The summed E-state index contributed by atoms with van der Waals surface area (Å²) in [6, 6.07) is 11.2. The molecule has 0 aliphatic carbocycles. The summed E-state index contributed by atoms with van der Waals surface area (Å²) in [5.41, 5.74) is 2.67. The van der Waals surface area contributed by atoms with Crippen LogP contribution in [0.25, 0.3) is 0 Å². The Hall–Kier alpha value is -2.29. The van der Waals surface area contributed by atoms with Crippen molar-refractivity contribution in [2.45, 2.75) is 26.3 Å². The second kappa shape index (κ2) is 10.7. The molecule has 0 unspecified atom stereocenters. The lowest BCUT2D eigenvalue weighted by atomic mass is 10.1. The average Bonchev–Trinajstić information content (AvgIpc) is 2.78. The molecule has 1 saturated heterocycles. The summed E-state index contributed by atoms with van der Waals surface area (Å²) in [5, 5.41) is 0. The Balaban J connectivity index is 1.46. The smallest absolute Gasteiger partial charge is 0.211 e. The maximum absolute atomic E-state index is 12.6. The number of piperazine rings is 1. The minimum atomic E-state index is -3.24. The maximum Gasteiger partial charge on any atom is 0.211 e. The van der Waals surface area contributed by atoms with Gasteiger partial charge in [-0.15, -0.1) is 0 Å². The fourth-order valence-electron chi connectivity index (χ4n) is 3.42. The lowest BCUT2D eigenvalue weighted by Crippen LogP contribution is -2.48. The van der Waals surface area contributed by atoms with E-state index < -0.39 is 10.0 Å². The molecule has 162 valence electrons. The van der Waals surface area contributed by atoms with E-state index in [0.717, 1.165) is 43.9 Å². The molecule has 1 N–H and O–H groups in total. The highest BCUT2D eigenvalue weighted by Crippen LogP contribution is 2.15. The third-order valence-corrected chi connectivity index (χ3v) is 6.72. The molecule has 7 nitrogen and oxygen atoms in total. The number of unbranched alkanes of at least 4 members (excludes halogenated alkanes) is 1. The zero-order valence-corrected chi connectivity index (χ0v) is 18.3. The number of aromatic nitrogens is 1. The monoisotopic (exact) mass is 430 g/mol. The van der Waals surface area contributed by atoms with Gasteiger partial charge in [-0.3, -0.25) is 14.7 Å². The molecule has 1 aliphatic rings. The molecule has 1 aromatic carbocycles. The summed E-state index contributed by atoms with van der Waals surface area (Å²) >= 11 is 0. The number of nitrogens with zero attached hydrogens (tertiary/aromatic N) is 3. The number of anilines is 1. The predicted molar refractivity (Wildman–Crippen MR) is 119 cm³/mol. The van der Waals surface area contributed by atoms with Gasteiger partial charge >= 0.3 is 0 Å². The fraction of sp³-hybridized carbons (Fsp3) is 0.455. The summed E-state index contributed by atoms with van der Waals surface area (Å²) in [6.45, 7) is 6.05. The van der Waals surface area contributed by atoms with Crippen molar-refractivity contribution >= 4 is 21.5 Å². The zero-order valence-electron chi connectivity index (χ0n) is 17.5. The molecule has 0 spiro atoms. The van der Waals surface area contributed by atoms with Crippen molar-refractivity contribution in [1.29, 1.82) is 0 Å². The number of rotatable bonds is 10. The summed E-state index contributed by atoms with van der Waals surface area (Å²) in [5.74, 6) is 0.233. The number of nitrogens with one attached hydrogen (secondary N) is 1. The molecule has 30 heavy (non-hydrogen) atoms. The van der Waals surface area contributed by atoms with Gasteiger partial charge in [-0.25, -0.2) is 13.1 Å². The Bertz CT molecular complexity index is 909. The standard InChI is InChI=1S/C22H30N4O3S/c1-2-3-16-30(28,29)24-17-19-4-6-20(7-5-19)22(27)18-25-12-14-26(15-13-25)21-8-10-23-11-9-21/h4-11,24H,2-3,12-18H2,1H3. The minimum Gasteiger partial charge on any atom is -0.369 e. The Kier molecular flexibility index (Phi) is 7.95. The largest absolute Gasteiger partial charge is 0.369 e. The molecule has 2 aromatic rings. The van der Waals surface area contributed by atoms with Crippen molar-refractivity contribution in [2.75, 3.05) is 43.4 Å². The van der Waals surface area contributed by atoms with E-state index in [4.69, 9.17) is 0 Å².